The Kier molecular flexibility index (Phi) is 5.15. The summed E-state index contributed by atoms with van der Waals surface area (Å²) in [5.74, 6) is 0. The van der Waals surface area contributed by atoms with E-state index in [-0.39, 0.29) is 0 Å². The molecule has 0 saturated heterocycles. The van der Waals surface area contributed by atoms with Gasteiger partial charge in [-0.2, -0.15) is 0 Å². The lowest BCUT2D eigenvalue weighted by molar-refractivity contribution is 0.795. The van der Waals surface area contributed by atoms with E-state index in [9.17, 15) is 0 Å². The average molecular weight is 321 g/mol. The smallest absolute Gasteiger partial charge is 0.0406 e. The third-order valence-electron chi connectivity index (χ3n) is 4.17. The monoisotopic (exact) mass is 320 g/mol. The second-order valence-corrected chi connectivity index (χ2v) is 6.32. The van der Waals surface area contributed by atoms with E-state index in [1.54, 1.807) is 0 Å². The summed E-state index contributed by atoms with van der Waals surface area (Å²) in [7, 11) is 0. The molecule has 0 aliphatic heterocycles. The molecule has 23 heavy (non-hydrogen) atoms. The van der Waals surface area contributed by atoms with E-state index in [0.717, 1.165) is 5.02 Å². The van der Waals surface area contributed by atoms with E-state index >= 15 is 0 Å². The second kappa shape index (κ2) is 7.48. The number of unbranched alkanes of at least 4 members (excludes halogenated alkanes) is 1. The Balaban J connectivity index is 1.77. The summed E-state index contributed by atoms with van der Waals surface area (Å²) < 4.78 is 0. The van der Waals surface area contributed by atoms with Gasteiger partial charge in [-0.25, -0.2) is 0 Å². The lowest BCUT2D eigenvalue weighted by Crippen LogP contribution is -1.85. The van der Waals surface area contributed by atoms with Crippen molar-refractivity contribution in [1.29, 1.82) is 0 Å². The molecule has 0 aromatic heterocycles. The molecule has 0 nitrogen and oxygen atoms in total. The quantitative estimate of drug-likeness (QED) is 0.474. The number of hydrogen-bond donors (Lipinski definition) is 0. The molecule has 0 saturated carbocycles. The SMILES string of the molecule is CCCCc1ccc(-c2ccc(-c3ccc(Cl)cc3)cc2)cc1. The van der Waals surface area contributed by atoms with Crippen LogP contribution in [-0.2, 0) is 6.42 Å². The maximum absolute atomic E-state index is 5.95. The first kappa shape index (κ1) is 15.8. The largest absolute Gasteiger partial charge is 0.0843 e. The fraction of sp³-hybridized carbons (Fsp3) is 0.182. The van der Waals surface area contributed by atoms with Crippen molar-refractivity contribution in [3.05, 3.63) is 83.4 Å². The maximum Gasteiger partial charge on any atom is 0.0406 e. The van der Waals surface area contributed by atoms with Crippen molar-refractivity contribution >= 4 is 11.6 Å². The molecule has 0 fully saturated rings. The minimum absolute atomic E-state index is 0.772. The van der Waals surface area contributed by atoms with Gasteiger partial charge in [0.25, 0.3) is 0 Å². The van der Waals surface area contributed by atoms with E-state index in [0.29, 0.717) is 0 Å². The highest BCUT2D eigenvalue weighted by atomic mass is 35.5. The molecule has 116 valence electrons. The topological polar surface area (TPSA) is 0 Å². The fourth-order valence-corrected chi connectivity index (χ4v) is 2.87. The van der Waals surface area contributed by atoms with Crippen LogP contribution in [0, 0.1) is 0 Å². The molecule has 0 unspecified atom stereocenters. The van der Waals surface area contributed by atoms with Crippen molar-refractivity contribution in [2.45, 2.75) is 26.2 Å². The predicted molar refractivity (Wildman–Crippen MR) is 101 cm³/mol. The van der Waals surface area contributed by atoms with Crippen LogP contribution in [0.15, 0.2) is 72.8 Å². The molecule has 0 amide bonds. The zero-order valence-corrected chi connectivity index (χ0v) is 14.2. The summed E-state index contributed by atoms with van der Waals surface area (Å²) in [6.45, 7) is 2.23. The van der Waals surface area contributed by atoms with Gasteiger partial charge in [0.15, 0.2) is 0 Å². The van der Waals surface area contributed by atoms with Gasteiger partial charge in [0.1, 0.15) is 0 Å². The van der Waals surface area contributed by atoms with Crippen LogP contribution in [0.2, 0.25) is 5.02 Å². The highest BCUT2D eigenvalue weighted by Crippen LogP contribution is 2.26. The van der Waals surface area contributed by atoms with Crippen LogP contribution < -0.4 is 0 Å². The average Bonchev–Trinajstić information content (AvgIpc) is 2.61. The van der Waals surface area contributed by atoms with Crippen LogP contribution in [0.4, 0.5) is 0 Å². The van der Waals surface area contributed by atoms with Gasteiger partial charge in [-0.1, -0.05) is 85.6 Å². The number of benzene rings is 3. The molecule has 3 aromatic carbocycles. The molecule has 0 radical (unpaired) electrons. The van der Waals surface area contributed by atoms with Gasteiger partial charge >= 0.3 is 0 Å². The molecule has 0 aliphatic rings. The highest BCUT2D eigenvalue weighted by Gasteiger charge is 2.01. The third kappa shape index (κ3) is 4.03. The maximum atomic E-state index is 5.95. The number of aryl methyl sites for hydroxylation is 1. The van der Waals surface area contributed by atoms with E-state index in [4.69, 9.17) is 11.6 Å². The number of hydrogen-bond acceptors (Lipinski definition) is 0. The molecule has 3 rings (SSSR count). The summed E-state index contributed by atoms with van der Waals surface area (Å²) in [6, 6.07) is 25.6. The van der Waals surface area contributed by atoms with Crippen LogP contribution in [0.25, 0.3) is 22.3 Å². The van der Waals surface area contributed by atoms with Crippen LogP contribution in [0.5, 0.6) is 0 Å². The minimum atomic E-state index is 0.772. The summed E-state index contributed by atoms with van der Waals surface area (Å²) in [6.07, 6.45) is 3.68. The van der Waals surface area contributed by atoms with Gasteiger partial charge < -0.3 is 0 Å². The van der Waals surface area contributed by atoms with Crippen LogP contribution >= 0.6 is 11.6 Å². The van der Waals surface area contributed by atoms with Crippen molar-refractivity contribution in [1.82, 2.24) is 0 Å². The van der Waals surface area contributed by atoms with Crippen LogP contribution in [0.3, 0.4) is 0 Å². The standard InChI is InChI=1S/C22H21Cl/c1-2-3-4-17-5-7-18(8-6-17)19-9-11-20(12-10-19)21-13-15-22(23)16-14-21/h5-16H,2-4H2,1H3. The van der Waals surface area contributed by atoms with Crippen molar-refractivity contribution < 1.29 is 0 Å². The fourth-order valence-electron chi connectivity index (χ4n) is 2.74. The zero-order valence-electron chi connectivity index (χ0n) is 13.4. The summed E-state index contributed by atoms with van der Waals surface area (Å²) in [4.78, 5) is 0. The van der Waals surface area contributed by atoms with E-state index < -0.39 is 0 Å². The van der Waals surface area contributed by atoms with E-state index in [1.807, 2.05) is 12.1 Å². The molecular formula is C22H21Cl. The van der Waals surface area contributed by atoms with Crippen LogP contribution in [-0.4, -0.2) is 0 Å². The lowest BCUT2D eigenvalue weighted by Gasteiger charge is -2.06. The van der Waals surface area contributed by atoms with E-state index in [2.05, 4.69) is 67.6 Å². The molecule has 1 heteroatoms. The van der Waals surface area contributed by atoms with Crippen molar-refractivity contribution in [2.75, 3.05) is 0 Å². The first-order valence-corrected chi connectivity index (χ1v) is 8.59. The summed E-state index contributed by atoms with van der Waals surface area (Å²) in [5.41, 5.74) is 6.35. The Labute approximate surface area is 143 Å². The van der Waals surface area contributed by atoms with E-state index in [1.165, 1.54) is 47.1 Å². The molecule has 0 heterocycles. The van der Waals surface area contributed by atoms with Gasteiger partial charge in [0, 0.05) is 5.02 Å². The van der Waals surface area contributed by atoms with Crippen molar-refractivity contribution in [2.24, 2.45) is 0 Å². The minimum Gasteiger partial charge on any atom is -0.0843 e. The van der Waals surface area contributed by atoms with Gasteiger partial charge in [0.05, 0.1) is 0 Å². The van der Waals surface area contributed by atoms with Crippen molar-refractivity contribution in [3.8, 4) is 22.3 Å². The summed E-state index contributed by atoms with van der Waals surface area (Å²) in [5, 5.41) is 0.772. The number of halogens is 1. The summed E-state index contributed by atoms with van der Waals surface area (Å²) >= 11 is 5.95. The molecule has 3 aromatic rings. The first-order valence-electron chi connectivity index (χ1n) is 8.21. The van der Waals surface area contributed by atoms with Gasteiger partial charge in [-0.05, 0) is 52.8 Å². The van der Waals surface area contributed by atoms with Crippen molar-refractivity contribution in [3.63, 3.8) is 0 Å². The molecule has 0 N–H and O–H groups in total. The van der Waals surface area contributed by atoms with Gasteiger partial charge in [-0.15, -0.1) is 0 Å². The normalized spacial score (nSPS) is 10.7. The Hall–Kier alpha value is -2.05. The van der Waals surface area contributed by atoms with Crippen LogP contribution in [0.1, 0.15) is 25.3 Å². The second-order valence-electron chi connectivity index (χ2n) is 5.88. The molecular weight excluding hydrogens is 300 g/mol. The first-order chi connectivity index (χ1) is 11.3. The van der Waals surface area contributed by atoms with Gasteiger partial charge in [0.2, 0.25) is 0 Å². The zero-order chi connectivity index (χ0) is 16.1. The Bertz CT molecular complexity index is 737. The molecule has 0 bridgehead atoms. The van der Waals surface area contributed by atoms with Gasteiger partial charge in [-0.3, -0.25) is 0 Å². The molecule has 0 spiro atoms. The molecule has 0 aliphatic carbocycles. The Morgan fingerprint density at radius 1 is 0.609 bits per heavy atom. The molecule has 0 atom stereocenters. The number of rotatable bonds is 5. The highest BCUT2D eigenvalue weighted by molar-refractivity contribution is 6.30. The Morgan fingerprint density at radius 3 is 1.43 bits per heavy atom. The lowest BCUT2D eigenvalue weighted by atomic mass is 9.99. The predicted octanol–water partition coefficient (Wildman–Crippen LogP) is 7.02. The Morgan fingerprint density at radius 2 is 1.00 bits per heavy atom. The third-order valence-corrected chi connectivity index (χ3v) is 4.42.